The van der Waals surface area contributed by atoms with Crippen LogP contribution in [0.1, 0.15) is 34.7 Å². The molecule has 0 unspecified atom stereocenters. The van der Waals surface area contributed by atoms with E-state index in [0.29, 0.717) is 17.8 Å². The van der Waals surface area contributed by atoms with Crippen molar-refractivity contribution in [1.29, 1.82) is 0 Å². The number of halogens is 1. The normalized spacial score (nSPS) is 16.8. The van der Waals surface area contributed by atoms with Crippen LogP contribution in [-0.4, -0.2) is 37.0 Å². The van der Waals surface area contributed by atoms with Gasteiger partial charge in [-0.05, 0) is 54.8 Å². The van der Waals surface area contributed by atoms with Gasteiger partial charge in [0.1, 0.15) is 5.82 Å². The molecule has 1 heterocycles. The highest BCUT2D eigenvalue weighted by molar-refractivity contribution is 6.04. The Hall–Kier alpha value is -2.89. The van der Waals surface area contributed by atoms with Crippen LogP contribution in [0.15, 0.2) is 48.5 Å². The quantitative estimate of drug-likeness (QED) is 0.884. The van der Waals surface area contributed by atoms with E-state index in [1.807, 2.05) is 18.2 Å². The van der Waals surface area contributed by atoms with E-state index in [2.05, 4.69) is 10.6 Å². The number of rotatable bonds is 3. The first-order chi connectivity index (χ1) is 12.6. The molecule has 26 heavy (non-hydrogen) atoms. The maximum absolute atomic E-state index is 13.0. The lowest BCUT2D eigenvalue weighted by Crippen LogP contribution is -2.43. The highest BCUT2D eigenvalue weighted by Gasteiger charge is 2.24. The number of carbonyl (C=O) groups is 2. The summed E-state index contributed by atoms with van der Waals surface area (Å²) in [6, 6.07) is 13.1. The van der Waals surface area contributed by atoms with E-state index in [0.717, 1.165) is 24.9 Å². The van der Waals surface area contributed by atoms with E-state index in [1.165, 1.54) is 24.3 Å². The van der Waals surface area contributed by atoms with Gasteiger partial charge in [-0.2, -0.15) is 0 Å². The summed E-state index contributed by atoms with van der Waals surface area (Å²) in [5.41, 5.74) is 2.14. The summed E-state index contributed by atoms with van der Waals surface area (Å²) in [5.74, 6) is -0.375. The molecule has 0 radical (unpaired) electrons. The summed E-state index contributed by atoms with van der Waals surface area (Å²) in [6.07, 6.45) is 1.92. The lowest BCUT2D eigenvalue weighted by atomic mass is 9.89. The number of nitrogens with zero attached hydrogens (tertiary/aromatic N) is 1. The fraction of sp³-hybridized carbons (Fsp3) is 0.300. The van der Waals surface area contributed by atoms with Gasteiger partial charge in [-0.3, -0.25) is 4.79 Å². The average molecular weight is 355 g/mol. The van der Waals surface area contributed by atoms with E-state index in [1.54, 1.807) is 18.0 Å². The van der Waals surface area contributed by atoms with Gasteiger partial charge in [-0.25, -0.2) is 9.18 Å². The molecule has 0 aromatic heterocycles. The summed E-state index contributed by atoms with van der Waals surface area (Å²) in [5, 5.41) is 5.44. The van der Waals surface area contributed by atoms with Crippen molar-refractivity contribution in [1.82, 2.24) is 10.2 Å². The van der Waals surface area contributed by atoms with Gasteiger partial charge in [0.25, 0.3) is 5.91 Å². The first-order valence-corrected chi connectivity index (χ1v) is 8.70. The van der Waals surface area contributed by atoms with Crippen molar-refractivity contribution >= 4 is 17.6 Å². The Morgan fingerprint density at radius 3 is 2.65 bits per heavy atom. The number of carbonyl (C=O) groups excluding carboxylic acids is 2. The van der Waals surface area contributed by atoms with Crippen molar-refractivity contribution in [2.45, 2.75) is 18.8 Å². The molecule has 3 rings (SSSR count). The van der Waals surface area contributed by atoms with Gasteiger partial charge >= 0.3 is 6.03 Å². The lowest BCUT2D eigenvalue weighted by molar-refractivity contribution is 0.102. The Bertz CT molecular complexity index is 792. The van der Waals surface area contributed by atoms with Gasteiger partial charge in [-0.15, -0.1) is 0 Å². The maximum atomic E-state index is 13.0. The first kappa shape index (κ1) is 17.9. The van der Waals surface area contributed by atoms with E-state index >= 15 is 0 Å². The van der Waals surface area contributed by atoms with E-state index in [9.17, 15) is 14.0 Å². The van der Waals surface area contributed by atoms with Crippen molar-refractivity contribution < 1.29 is 14.0 Å². The predicted molar refractivity (Wildman–Crippen MR) is 98.8 cm³/mol. The molecule has 1 saturated heterocycles. The van der Waals surface area contributed by atoms with Crippen LogP contribution in [0.2, 0.25) is 0 Å². The molecule has 2 aromatic rings. The van der Waals surface area contributed by atoms with Crippen molar-refractivity contribution in [3.8, 4) is 0 Å². The second-order valence-electron chi connectivity index (χ2n) is 6.43. The molecular formula is C20H22FN3O2. The number of nitrogens with one attached hydrogen (secondary N) is 2. The van der Waals surface area contributed by atoms with Crippen LogP contribution in [0.5, 0.6) is 0 Å². The molecule has 136 valence electrons. The molecule has 5 nitrogen and oxygen atoms in total. The molecule has 3 amide bonds. The molecular weight excluding hydrogens is 333 g/mol. The molecule has 1 aliphatic heterocycles. The van der Waals surface area contributed by atoms with Gasteiger partial charge in [0.2, 0.25) is 0 Å². The number of benzene rings is 2. The Morgan fingerprint density at radius 1 is 1.15 bits per heavy atom. The molecule has 1 fully saturated rings. The third-order valence-corrected chi connectivity index (χ3v) is 4.64. The number of hydrogen-bond donors (Lipinski definition) is 2. The molecule has 0 spiro atoms. The van der Waals surface area contributed by atoms with Crippen LogP contribution < -0.4 is 10.6 Å². The van der Waals surface area contributed by atoms with Gasteiger partial charge in [-0.1, -0.05) is 12.1 Å². The van der Waals surface area contributed by atoms with Crippen LogP contribution >= 0.6 is 0 Å². The zero-order chi connectivity index (χ0) is 18.5. The molecule has 0 bridgehead atoms. The number of anilines is 1. The fourth-order valence-corrected chi connectivity index (χ4v) is 3.26. The van der Waals surface area contributed by atoms with Crippen LogP contribution in [-0.2, 0) is 0 Å². The standard InChI is InChI=1S/C20H22FN3O2/c1-22-20(26)24-11-3-6-16(13-24)14-4-2-5-15(12-14)19(25)23-18-9-7-17(21)8-10-18/h2,4-5,7-10,12,16H,3,6,11,13H2,1H3,(H,22,26)(H,23,25)/t16-/m0/s1. The summed E-state index contributed by atoms with van der Waals surface area (Å²) in [6.45, 7) is 1.39. The van der Waals surface area contributed by atoms with Crippen LogP contribution in [0.25, 0.3) is 0 Å². The second-order valence-corrected chi connectivity index (χ2v) is 6.43. The largest absolute Gasteiger partial charge is 0.341 e. The van der Waals surface area contributed by atoms with Gasteiger partial charge < -0.3 is 15.5 Å². The number of amides is 3. The first-order valence-electron chi connectivity index (χ1n) is 8.70. The predicted octanol–water partition coefficient (Wildman–Crippen LogP) is 3.60. The zero-order valence-corrected chi connectivity index (χ0v) is 14.7. The summed E-state index contributed by atoms with van der Waals surface area (Å²) in [7, 11) is 1.63. The average Bonchev–Trinajstić information content (AvgIpc) is 2.69. The van der Waals surface area contributed by atoms with Crippen molar-refractivity contribution in [2.24, 2.45) is 0 Å². The van der Waals surface area contributed by atoms with E-state index in [4.69, 9.17) is 0 Å². The fourth-order valence-electron chi connectivity index (χ4n) is 3.26. The number of urea groups is 1. The van der Waals surface area contributed by atoms with Gasteiger partial charge in [0, 0.05) is 37.3 Å². The minimum absolute atomic E-state index is 0.0695. The molecule has 1 aliphatic rings. The Morgan fingerprint density at radius 2 is 1.92 bits per heavy atom. The Kier molecular flexibility index (Phi) is 5.51. The lowest BCUT2D eigenvalue weighted by Gasteiger charge is -2.32. The zero-order valence-electron chi connectivity index (χ0n) is 14.7. The Labute approximate surface area is 152 Å². The van der Waals surface area contributed by atoms with Crippen LogP contribution in [0.4, 0.5) is 14.9 Å². The van der Waals surface area contributed by atoms with E-state index in [-0.39, 0.29) is 23.7 Å². The number of piperidine rings is 1. The molecule has 0 saturated carbocycles. The maximum Gasteiger partial charge on any atom is 0.317 e. The SMILES string of the molecule is CNC(=O)N1CCC[C@H](c2cccc(C(=O)Nc3ccc(F)cc3)c2)C1. The molecule has 0 aliphatic carbocycles. The molecule has 2 aromatic carbocycles. The second kappa shape index (κ2) is 7.99. The summed E-state index contributed by atoms with van der Waals surface area (Å²) < 4.78 is 13.0. The third-order valence-electron chi connectivity index (χ3n) is 4.64. The van der Waals surface area contributed by atoms with Gasteiger partial charge in [0.05, 0.1) is 0 Å². The van der Waals surface area contributed by atoms with Crippen LogP contribution in [0.3, 0.4) is 0 Å². The van der Waals surface area contributed by atoms with Gasteiger partial charge in [0.15, 0.2) is 0 Å². The summed E-state index contributed by atoms with van der Waals surface area (Å²) in [4.78, 5) is 26.1. The third kappa shape index (κ3) is 4.20. The highest BCUT2D eigenvalue weighted by atomic mass is 19.1. The molecule has 6 heteroatoms. The van der Waals surface area contributed by atoms with Crippen LogP contribution in [0, 0.1) is 5.82 Å². The monoisotopic (exact) mass is 355 g/mol. The number of likely N-dealkylation sites (tertiary alicyclic amines) is 1. The van der Waals surface area contributed by atoms with Crippen molar-refractivity contribution in [2.75, 3.05) is 25.5 Å². The molecule has 1 atom stereocenters. The highest BCUT2D eigenvalue weighted by Crippen LogP contribution is 2.27. The smallest absolute Gasteiger partial charge is 0.317 e. The molecule has 2 N–H and O–H groups in total. The van der Waals surface area contributed by atoms with E-state index < -0.39 is 0 Å². The van der Waals surface area contributed by atoms with Crippen molar-refractivity contribution in [3.05, 3.63) is 65.5 Å². The minimum Gasteiger partial charge on any atom is -0.341 e. The topological polar surface area (TPSA) is 61.4 Å². The van der Waals surface area contributed by atoms with Crippen molar-refractivity contribution in [3.63, 3.8) is 0 Å². The Balaban J connectivity index is 1.72. The minimum atomic E-state index is -0.344. The number of hydrogen-bond acceptors (Lipinski definition) is 2. The summed E-state index contributed by atoms with van der Waals surface area (Å²) >= 11 is 0.